The molecule has 3 rings (SSSR count). The van der Waals surface area contributed by atoms with Gasteiger partial charge in [-0.05, 0) is 25.7 Å². The molecular weight excluding hydrogens is 242 g/mol. The van der Waals surface area contributed by atoms with E-state index in [0.29, 0.717) is 19.0 Å². The third-order valence-electron chi connectivity index (χ3n) is 4.31. The Kier molecular flexibility index (Phi) is 3.41. The maximum absolute atomic E-state index is 6.12. The summed E-state index contributed by atoms with van der Waals surface area (Å²) in [6.45, 7) is 1.38. The fourth-order valence-electron chi connectivity index (χ4n) is 3.05. The molecule has 2 aliphatic rings. The number of aromatic nitrogens is 2. The van der Waals surface area contributed by atoms with E-state index in [2.05, 4.69) is 4.98 Å². The van der Waals surface area contributed by atoms with E-state index >= 15 is 0 Å². The van der Waals surface area contributed by atoms with Crippen LogP contribution in [0.25, 0.3) is 0 Å². The van der Waals surface area contributed by atoms with Gasteiger partial charge in [0.2, 0.25) is 0 Å². The molecule has 0 spiro atoms. The highest BCUT2D eigenvalue weighted by Gasteiger charge is 2.38. The van der Waals surface area contributed by atoms with Crippen molar-refractivity contribution < 1.29 is 9.47 Å². The molecule has 5 heteroatoms. The van der Waals surface area contributed by atoms with Crippen molar-refractivity contribution >= 4 is 5.82 Å². The van der Waals surface area contributed by atoms with E-state index in [4.69, 9.17) is 20.2 Å². The molecule has 19 heavy (non-hydrogen) atoms. The highest BCUT2D eigenvalue weighted by molar-refractivity contribution is 5.44. The normalized spacial score (nSPS) is 21.9. The Hall–Kier alpha value is -1.20. The van der Waals surface area contributed by atoms with Crippen molar-refractivity contribution in [2.24, 2.45) is 0 Å². The van der Waals surface area contributed by atoms with Crippen molar-refractivity contribution in [3.05, 3.63) is 17.1 Å². The van der Waals surface area contributed by atoms with Crippen LogP contribution in [0.4, 0.5) is 5.82 Å². The summed E-state index contributed by atoms with van der Waals surface area (Å²) in [7, 11) is 1.73. The van der Waals surface area contributed by atoms with Crippen molar-refractivity contribution in [1.82, 2.24) is 9.97 Å². The smallest absolute Gasteiger partial charge is 0.163 e. The molecule has 1 fully saturated rings. The number of ether oxygens (including phenoxy) is 2. The SMILES string of the molecule is COC1(c2nc(N)c3c(n2)CCCC3)CCOCC1. The van der Waals surface area contributed by atoms with Gasteiger partial charge in [0.05, 0.1) is 0 Å². The minimum absolute atomic E-state index is 0.418. The van der Waals surface area contributed by atoms with Crippen LogP contribution in [0.5, 0.6) is 0 Å². The predicted molar refractivity (Wildman–Crippen MR) is 71.8 cm³/mol. The summed E-state index contributed by atoms with van der Waals surface area (Å²) in [5.41, 5.74) is 7.98. The molecule has 1 aromatic heterocycles. The largest absolute Gasteiger partial charge is 0.383 e. The Morgan fingerprint density at radius 2 is 1.89 bits per heavy atom. The Bertz CT molecular complexity index is 470. The average molecular weight is 263 g/mol. The number of rotatable bonds is 2. The van der Waals surface area contributed by atoms with Gasteiger partial charge in [-0.25, -0.2) is 9.97 Å². The van der Waals surface area contributed by atoms with Crippen molar-refractivity contribution in [3.8, 4) is 0 Å². The van der Waals surface area contributed by atoms with Crippen molar-refractivity contribution in [1.29, 1.82) is 0 Å². The van der Waals surface area contributed by atoms with Crippen LogP contribution in [0.15, 0.2) is 0 Å². The van der Waals surface area contributed by atoms with Crippen LogP contribution in [0.3, 0.4) is 0 Å². The lowest BCUT2D eigenvalue weighted by Gasteiger charge is -2.35. The molecule has 0 aromatic carbocycles. The zero-order chi connectivity index (χ0) is 13.3. The lowest BCUT2D eigenvalue weighted by Crippen LogP contribution is -2.38. The third-order valence-corrected chi connectivity index (χ3v) is 4.31. The van der Waals surface area contributed by atoms with Gasteiger partial charge in [0.1, 0.15) is 11.4 Å². The summed E-state index contributed by atoms with van der Waals surface area (Å²) in [6.07, 6.45) is 5.97. The molecule has 1 aliphatic carbocycles. The van der Waals surface area contributed by atoms with Gasteiger partial charge in [-0.3, -0.25) is 0 Å². The second-order valence-corrected chi connectivity index (χ2v) is 5.38. The molecule has 1 saturated heterocycles. The van der Waals surface area contributed by atoms with Crippen LogP contribution in [0.1, 0.15) is 42.8 Å². The van der Waals surface area contributed by atoms with Crippen LogP contribution < -0.4 is 5.73 Å². The number of methoxy groups -OCH3 is 1. The van der Waals surface area contributed by atoms with Gasteiger partial charge in [0.25, 0.3) is 0 Å². The van der Waals surface area contributed by atoms with Gasteiger partial charge in [-0.15, -0.1) is 0 Å². The molecule has 2 N–H and O–H groups in total. The molecule has 2 heterocycles. The molecule has 1 aromatic rings. The number of nitrogens with zero attached hydrogens (tertiary/aromatic N) is 2. The summed E-state index contributed by atoms with van der Waals surface area (Å²) < 4.78 is 11.2. The van der Waals surface area contributed by atoms with E-state index in [-0.39, 0.29) is 0 Å². The maximum Gasteiger partial charge on any atom is 0.163 e. The number of aryl methyl sites for hydroxylation is 1. The molecule has 104 valence electrons. The van der Waals surface area contributed by atoms with Crippen LogP contribution in [-0.2, 0) is 27.9 Å². The standard InChI is InChI=1S/C14H21N3O2/c1-18-14(6-8-19-9-7-14)13-16-11-5-3-2-4-10(11)12(15)17-13/h2-9H2,1H3,(H2,15,16,17). The number of hydrogen-bond donors (Lipinski definition) is 1. The van der Waals surface area contributed by atoms with E-state index in [0.717, 1.165) is 42.8 Å². The van der Waals surface area contributed by atoms with Crippen molar-refractivity contribution in [2.45, 2.75) is 44.1 Å². The van der Waals surface area contributed by atoms with E-state index in [1.807, 2.05) is 0 Å². The number of hydrogen-bond acceptors (Lipinski definition) is 5. The van der Waals surface area contributed by atoms with Crippen LogP contribution in [-0.4, -0.2) is 30.3 Å². The second-order valence-electron chi connectivity index (χ2n) is 5.38. The van der Waals surface area contributed by atoms with Gasteiger partial charge in [-0.2, -0.15) is 0 Å². The highest BCUT2D eigenvalue weighted by atomic mass is 16.5. The van der Waals surface area contributed by atoms with E-state index in [1.165, 1.54) is 12.8 Å². The van der Waals surface area contributed by atoms with Crippen molar-refractivity contribution in [2.75, 3.05) is 26.1 Å². The summed E-state index contributed by atoms with van der Waals surface area (Å²) in [5.74, 6) is 1.39. The Morgan fingerprint density at radius 3 is 2.63 bits per heavy atom. The van der Waals surface area contributed by atoms with E-state index < -0.39 is 5.60 Å². The fourth-order valence-corrected chi connectivity index (χ4v) is 3.05. The van der Waals surface area contributed by atoms with Crippen LogP contribution in [0.2, 0.25) is 0 Å². The second kappa shape index (κ2) is 5.06. The van der Waals surface area contributed by atoms with Gasteiger partial charge < -0.3 is 15.2 Å². The van der Waals surface area contributed by atoms with E-state index in [1.54, 1.807) is 7.11 Å². The zero-order valence-corrected chi connectivity index (χ0v) is 11.4. The number of nitrogens with two attached hydrogens (primary N) is 1. The summed E-state index contributed by atoms with van der Waals surface area (Å²) >= 11 is 0. The highest BCUT2D eigenvalue weighted by Crippen LogP contribution is 2.35. The Labute approximate surface area is 113 Å². The van der Waals surface area contributed by atoms with Crippen LogP contribution in [0, 0.1) is 0 Å². The average Bonchev–Trinajstić information content (AvgIpc) is 2.48. The zero-order valence-electron chi connectivity index (χ0n) is 11.4. The lowest BCUT2D eigenvalue weighted by molar-refractivity contribution is -0.100. The van der Waals surface area contributed by atoms with Gasteiger partial charge >= 0.3 is 0 Å². The minimum Gasteiger partial charge on any atom is -0.383 e. The molecule has 0 bridgehead atoms. The number of nitrogen functional groups attached to an aromatic ring is 1. The molecule has 0 amide bonds. The first-order valence-corrected chi connectivity index (χ1v) is 7.04. The van der Waals surface area contributed by atoms with E-state index in [9.17, 15) is 0 Å². The quantitative estimate of drug-likeness (QED) is 0.877. The van der Waals surface area contributed by atoms with Gasteiger partial charge in [0, 0.05) is 44.4 Å². The molecule has 0 saturated carbocycles. The minimum atomic E-state index is -0.418. The van der Waals surface area contributed by atoms with Crippen LogP contribution >= 0.6 is 0 Å². The fraction of sp³-hybridized carbons (Fsp3) is 0.714. The topological polar surface area (TPSA) is 70.3 Å². The maximum atomic E-state index is 6.12. The molecule has 5 nitrogen and oxygen atoms in total. The summed E-state index contributed by atoms with van der Waals surface area (Å²) in [5, 5.41) is 0. The molecule has 0 unspecified atom stereocenters. The molecular formula is C14H21N3O2. The third kappa shape index (κ3) is 2.21. The predicted octanol–water partition coefficient (Wildman–Crippen LogP) is 1.59. The Balaban J connectivity index is 2.02. The molecule has 1 aliphatic heterocycles. The monoisotopic (exact) mass is 263 g/mol. The Morgan fingerprint density at radius 1 is 1.16 bits per heavy atom. The van der Waals surface area contributed by atoms with Crippen molar-refractivity contribution in [3.63, 3.8) is 0 Å². The molecule has 0 atom stereocenters. The van der Waals surface area contributed by atoms with Gasteiger partial charge in [-0.1, -0.05) is 0 Å². The first-order valence-electron chi connectivity index (χ1n) is 7.04. The lowest BCUT2D eigenvalue weighted by atomic mass is 9.91. The van der Waals surface area contributed by atoms with Gasteiger partial charge in [0.15, 0.2) is 5.82 Å². The number of fused-ring (bicyclic) bond motifs is 1. The summed E-state index contributed by atoms with van der Waals surface area (Å²) in [4.78, 5) is 9.31. The molecule has 0 radical (unpaired) electrons. The first kappa shape index (κ1) is 12.8. The number of anilines is 1. The summed E-state index contributed by atoms with van der Waals surface area (Å²) in [6, 6.07) is 0. The first-order chi connectivity index (χ1) is 9.25.